The van der Waals surface area contributed by atoms with Crippen molar-refractivity contribution in [2.45, 2.75) is 69.9 Å². The minimum absolute atomic E-state index is 0.285. The number of ether oxygens (including phenoxy) is 1. The fourth-order valence-corrected chi connectivity index (χ4v) is 2.48. The van der Waals surface area contributed by atoms with Crippen LogP contribution in [0.2, 0.25) is 0 Å². The summed E-state index contributed by atoms with van der Waals surface area (Å²) in [5.41, 5.74) is -0.327. The van der Waals surface area contributed by atoms with E-state index >= 15 is 0 Å². The summed E-state index contributed by atoms with van der Waals surface area (Å²) in [4.78, 5) is 0. The maximum absolute atomic E-state index is 9.13. The van der Waals surface area contributed by atoms with Gasteiger partial charge in [0, 0.05) is 13.0 Å². The van der Waals surface area contributed by atoms with Crippen molar-refractivity contribution in [3.8, 4) is 6.07 Å². The van der Waals surface area contributed by atoms with Gasteiger partial charge in [-0.1, -0.05) is 32.6 Å². The number of unbranched alkanes of at least 4 members (excludes halogenated alkanes) is 4. The summed E-state index contributed by atoms with van der Waals surface area (Å²) in [7, 11) is 1.87. The van der Waals surface area contributed by atoms with Crippen LogP contribution in [0, 0.1) is 11.3 Å². The summed E-state index contributed by atoms with van der Waals surface area (Å²) in [5.74, 6) is 0. The van der Waals surface area contributed by atoms with Crippen LogP contribution in [0.5, 0.6) is 0 Å². The molecule has 0 aromatic rings. The van der Waals surface area contributed by atoms with Gasteiger partial charge in [-0.3, -0.25) is 0 Å². The SMILES string of the molecule is CCCCCCCOC1CCC(C#N)(NC)C1. The van der Waals surface area contributed by atoms with Crippen molar-refractivity contribution >= 4 is 0 Å². The smallest absolute Gasteiger partial charge is 0.109 e. The Morgan fingerprint density at radius 2 is 2.12 bits per heavy atom. The monoisotopic (exact) mass is 238 g/mol. The first-order valence-corrected chi connectivity index (χ1v) is 6.98. The molecular weight excluding hydrogens is 212 g/mol. The van der Waals surface area contributed by atoms with E-state index < -0.39 is 0 Å². The van der Waals surface area contributed by atoms with Gasteiger partial charge in [0.2, 0.25) is 0 Å². The fraction of sp³-hybridized carbons (Fsp3) is 0.929. The first-order valence-electron chi connectivity index (χ1n) is 6.98. The molecule has 2 unspecified atom stereocenters. The van der Waals surface area contributed by atoms with Crippen molar-refractivity contribution in [3.63, 3.8) is 0 Å². The Kier molecular flexibility index (Phi) is 6.54. The number of hydrogen-bond donors (Lipinski definition) is 1. The fourth-order valence-electron chi connectivity index (χ4n) is 2.48. The Labute approximate surface area is 106 Å². The zero-order valence-electron chi connectivity index (χ0n) is 11.3. The van der Waals surface area contributed by atoms with Crippen LogP contribution in [0.1, 0.15) is 58.3 Å². The second kappa shape index (κ2) is 7.68. The molecule has 3 heteroatoms. The van der Waals surface area contributed by atoms with Crippen molar-refractivity contribution in [1.82, 2.24) is 5.32 Å². The van der Waals surface area contributed by atoms with Crippen LogP contribution in [0.15, 0.2) is 0 Å². The van der Waals surface area contributed by atoms with E-state index in [-0.39, 0.29) is 11.6 Å². The quantitative estimate of drug-likeness (QED) is 0.661. The third-order valence-corrected chi connectivity index (χ3v) is 3.76. The molecule has 2 atom stereocenters. The minimum Gasteiger partial charge on any atom is -0.378 e. The molecule has 17 heavy (non-hydrogen) atoms. The molecule has 1 rings (SSSR count). The van der Waals surface area contributed by atoms with Crippen molar-refractivity contribution in [1.29, 1.82) is 5.26 Å². The first-order chi connectivity index (χ1) is 8.26. The number of rotatable bonds is 8. The van der Waals surface area contributed by atoms with Crippen LogP contribution in [-0.2, 0) is 4.74 Å². The van der Waals surface area contributed by atoms with E-state index in [0.29, 0.717) is 0 Å². The Morgan fingerprint density at radius 3 is 2.71 bits per heavy atom. The van der Waals surface area contributed by atoms with Crippen molar-refractivity contribution in [2.75, 3.05) is 13.7 Å². The number of hydrogen-bond acceptors (Lipinski definition) is 3. The van der Waals surface area contributed by atoms with Gasteiger partial charge in [-0.05, 0) is 26.3 Å². The van der Waals surface area contributed by atoms with Gasteiger partial charge in [0.05, 0.1) is 12.2 Å². The lowest BCUT2D eigenvalue weighted by Crippen LogP contribution is -2.39. The Bertz CT molecular complexity index is 249. The van der Waals surface area contributed by atoms with E-state index in [1.807, 2.05) is 7.05 Å². The van der Waals surface area contributed by atoms with Crippen LogP contribution >= 0.6 is 0 Å². The molecule has 1 fully saturated rings. The maximum Gasteiger partial charge on any atom is 0.109 e. The van der Waals surface area contributed by atoms with Crippen molar-refractivity contribution in [3.05, 3.63) is 0 Å². The molecule has 0 heterocycles. The average Bonchev–Trinajstić information content (AvgIpc) is 2.78. The van der Waals surface area contributed by atoms with Crippen LogP contribution in [0.25, 0.3) is 0 Å². The van der Waals surface area contributed by atoms with Crippen LogP contribution < -0.4 is 5.32 Å². The minimum atomic E-state index is -0.327. The topological polar surface area (TPSA) is 45.0 Å². The Morgan fingerprint density at radius 1 is 1.35 bits per heavy atom. The summed E-state index contributed by atoms with van der Waals surface area (Å²) >= 11 is 0. The van der Waals surface area contributed by atoms with Gasteiger partial charge >= 0.3 is 0 Å². The summed E-state index contributed by atoms with van der Waals surface area (Å²) in [6.07, 6.45) is 9.44. The second-order valence-corrected chi connectivity index (χ2v) is 5.09. The highest BCUT2D eigenvalue weighted by Gasteiger charge is 2.38. The molecule has 0 saturated heterocycles. The van der Waals surface area contributed by atoms with Crippen LogP contribution in [0.4, 0.5) is 0 Å². The molecule has 0 amide bonds. The lowest BCUT2D eigenvalue weighted by molar-refractivity contribution is 0.0522. The lowest BCUT2D eigenvalue weighted by Gasteiger charge is -2.19. The molecule has 0 aromatic carbocycles. The Balaban J connectivity index is 2.08. The van der Waals surface area contributed by atoms with Gasteiger partial charge in [0.25, 0.3) is 0 Å². The highest BCUT2D eigenvalue weighted by atomic mass is 16.5. The molecular formula is C14H26N2O. The van der Waals surface area contributed by atoms with Gasteiger partial charge in [0.1, 0.15) is 5.54 Å². The zero-order chi connectivity index (χ0) is 12.6. The highest BCUT2D eigenvalue weighted by Crippen LogP contribution is 2.31. The predicted octanol–water partition coefficient (Wildman–Crippen LogP) is 3.01. The van der Waals surface area contributed by atoms with Gasteiger partial charge in [0.15, 0.2) is 0 Å². The molecule has 0 aromatic heterocycles. The van der Waals surface area contributed by atoms with E-state index in [1.54, 1.807) is 0 Å². The van der Waals surface area contributed by atoms with Gasteiger partial charge in [-0.25, -0.2) is 0 Å². The maximum atomic E-state index is 9.13. The second-order valence-electron chi connectivity index (χ2n) is 5.09. The third-order valence-electron chi connectivity index (χ3n) is 3.76. The first kappa shape index (κ1) is 14.5. The largest absolute Gasteiger partial charge is 0.378 e. The lowest BCUT2D eigenvalue weighted by atomic mass is 10.0. The van der Waals surface area contributed by atoms with E-state index in [9.17, 15) is 0 Å². The number of nitrogens with zero attached hydrogens (tertiary/aromatic N) is 1. The molecule has 0 radical (unpaired) electrons. The van der Waals surface area contributed by atoms with Crippen LogP contribution in [0.3, 0.4) is 0 Å². The molecule has 1 saturated carbocycles. The molecule has 1 aliphatic rings. The summed E-state index contributed by atoms with van der Waals surface area (Å²) in [6.45, 7) is 3.09. The standard InChI is InChI=1S/C14H26N2O/c1-3-4-5-6-7-10-17-13-8-9-14(11-13,12-15)16-2/h13,16H,3-11H2,1-2H3. The Hall–Kier alpha value is -0.590. The molecule has 0 aliphatic heterocycles. The van der Waals surface area contributed by atoms with Crippen molar-refractivity contribution < 1.29 is 4.74 Å². The summed E-state index contributed by atoms with van der Waals surface area (Å²) in [6, 6.07) is 2.38. The molecule has 3 nitrogen and oxygen atoms in total. The van der Waals surface area contributed by atoms with Crippen LogP contribution in [-0.4, -0.2) is 25.3 Å². The van der Waals surface area contributed by atoms with E-state index in [0.717, 1.165) is 32.3 Å². The molecule has 0 bridgehead atoms. The van der Waals surface area contributed by atoms with Gasteiger partial charge in [-0.15, -0.1) is 0 Å². The zero-order valence-corrected chi connectivity index (χ0v) is 11.3. The number of nitrogens with one attached hydrogen (secondary N) is 1. The summed E-state index contributed by atoms with van der Waals surface area (Å²) in [5, 5.41) is 12.3. The van der Waals surface area contributed by atoms with Gasteiger partial charge < -0.3 is 10.1 Å². The van der Waals surface area contributed by atoms with Gasteiger partial charge in [-0.2, -0.15) is 5.26 Å². The molecule has 1 aliphatic carbocycles. The normalized spacial score (nSPS) is 28.2. The summed E-state index contributed by atoms with van der Waals surface area (Å²) < 4.78 is 5.85. The highest BCUT2D eigenvalue weighted by molar-refractivity contribution is 5.11. The molecule has 98 valence electrons. The van der Waals surface area contributed by atoms with E-state index in [1.165, 1.54) is 25.7 Å². The molecule has 0 spiro atoms. The molecule has 1 N–H and O–H groups in total. The van der Waals surface area contributed by atoms with E-state index in [2.05, 4.69) is 18.3 Å². The van der Waals surface area contributed by atoms with E-state index in [4.69, 9.17) is 10.00 Å². The predicted molar refractivity (Wildman–Crippen MR) is 69.8 cm³/mol. The third kappa shape index (κ3) is 4.65. The average molecular weight is 238 g/mol. The number of nitriles is 1. The van der Waals surface area contributed by atoms with Crippen molar-refractivity contribution in [2.24, 2.45) is 0 Å².